The molecule has 1 aromatic rings. The molecule has 1 aromatic carbocycles. The van der Waals surface area contributed by atoms with E-state index in [0.717, 1.165) is 3.57 Å². The zero-order valence-electron chi connectivity index (χ0n) is 7.93. The van der Waals surface area contributed by atoms with Crippen molar-refractivity contribution in [3.63, 3.8) is 0 Å². The van der Waals surface area contributed by atoms with E-state index in [2.05, 4.69) is 22.6 Å². The van der Waals surface area contributed by atoms with Gasteiger partial charge in [0.1, 0.15) is 0 Å². The van der Waals surface area contributed by atoms with Gasteiger partial charge in [-0.05, 0) is 46.9 Å². The highest BCUT2D eigenvalue weighted by molar-refractivity contribution is 14.1. The summed E-state index contributed by atoms with van der Waals surface area (Å²) in [6.07, 6.45) is 0. The molecular weight excluding hydrogens is 327 g/mol. The molecule has 0 saturated carbocycles. The van der Waals surface area contributed by atoms with Crippen LogP contribution in [0.15, 0.2) is 29.2 Å². The van der Waals surface area contributed by atoms with Crippen molar-refractivity contribution in [2.24, 2.45) is 5.73 Å². The molecule has 0 aromatic heterocycles. The van der Waals surface area contributed by atoms with Gasteiger partial charge in [0.2, 0.25) is 10.0 Å². The highest BCUT2D eigenvalue weighted by Gasteiger charge is 2.34. The highest BCUT2D eigenvalue weighted by Crippen LogP contribution is 2.21. The number of hydrogen-bond acceptors (Lipinski definition) is 3. The summed E-state index contributed by atoms with van der Waals surface area (Å²) in [6, 6.07) is 6.81. The van der Waals surface area contributed by atoms with Crippen LogP contribution in [0.25, 0.3) is 0 Å². The second-order valence-electron chi connectivity index (χ2n) is 3.54. The zero-order chi connectivity index (χ0) is 11.1. The summed E-state index contributed by atoms with van der Waals surface area (Å²) in [5.74, 6) is 0. The number of rotatable bonds is 2. The molecule has 1 saturated heterocycles. The van der Waals surface area contributed by atoms with Crippen LogP contribution in [0, 0.1) is 3.57 Å². The van der Waals surface area contributed by atoms with Crippen molar-refractivity contribution < 1.29 is 8.42 Å². The molecule has 0 unspecified atom stereocenters. The summed E-state index contributed by atoms with van der Waals surface area (Å²) in [5.41, 5.74) is 5.56. The predicted molar refractivity (Wildman–Crippen MR) is 65.9 cm³/mol. The van der Waals surface area contributed by atoms with Gasteiger partial charge >= 0.3 is 0 Å². The summed E-state index contributed by atoms with van der Waals surface area (Å²) in [4.78, 5) is 0.342. The van der Waals surface area contributed by atoms with Crippen LogP contribution in [0.1, 0.15) is 0 Å². The normalized spacial score (nSPS) is 18.8. The third-order valence-electron chi connectivity index (χ3n) is 2.33. The zero-order valence-corrected chi connectivity index (χ0v) is 10.9. The molecule has 0 radical (unpaired) electrons. The fourth-order valence-corrected chi connectivity index (χ4v) is 3.33. The lowest BCUT2D eigenvalue weighted by atomic mass is 10.2. The second-order valence-corrected chi connectivity index (χ2v) is 6.72. The number of sulfonamides is 1. The fraction of sp³-hybridized carbons (Fsp3) is 0.333. The predicted octanol–water partition coefficient (Wildman–Crippen LogP) is 0.623. The molecule has 4 nitrogen and oxygen atoms in total. The van der Waals surface area contributed by atoms with Gasteiger partial charge in [0.25, 0.3) is 0 Å². The van der Waals surface area contributed by atoms with Crippen LogP contribution >= 0.6 is 22.6 Å². The van der Waals surface area contributed by atoms with Gasteiger partial charge in [0, 0.05) is 22.7 Å². The van der Waals surface area contributed by atoms with Gasteiger partial charge in [-0.3, -0.25) is 0 Å². The van der Waals surface area contributed by atoms with Crippen LogP contribution in [0.3, 0.4) is 0 Å². The molecular formula is C9H11IN2O2S. The molecule has 0 aliphatic carbocycles. The molecule has 1 aliphatic heterocycles. The Labute approximate surface area is 103 Å². The fourth-order valence-electron chi connectivity index (χ4n) is 1.42. The van der Waals surface area contributed by atoms with Gasteiger partial charge in [-0.25, -0.2) is 8.42 Å². The van der Waals surface area contributed by atoms with E-state index in [-0.39, 0.29) is 6.04 Å². The molecule has 0 amide bonds. The SMILES string of the molecule is NC1CN(S(=O)(=O)c2ccc(I)cc2)C1. The number of nitrogens with zero attached hydrogens (tertiary/aromatic N) is 1. The summed E-state index contributed by atoms with van der Waals surface area (Å²) < 4.78 is 26.3. The summed E-state index contributed by atoms with van der Waals surface area (Å²) in [6.45, 7) is 0.850. The highest BCUT2D eigenvalue weighted by atomic mass is 127. The average molecular weight is 338 g/mol. The van der Waals surface area contributed by atoms with Gasteiger partial charge in [0.05, 0.1) is 4.90 Å². The Morgan fingerprint density at radius 3 is 2.27 bits per heavy atom. The maximum Gasteiger partial charge on any atom is 0.243 e. The molecule has 0 atom stereocenters. The lowest BCUT2D eigenvalue weighted by molar-refractivity contribution is 0.265. The van der Waals surface area contributed by atoms with Crippen molar-refractivity contribution >= 4 is 32.6 Å². The Bertz CT molecular complexity index is 452. The Kier molecular flexibility index (Phi) is 3.02. The van der Waals surface area contributed by atoms with Crippen LogP contribution < -0.4 is 5.73 Å². The van der Waals surface area contributed by atoms with E-state index in [1.54, 1.807) is 24.3 Å². The van der Waals surface area contributed by atoms with Crippen molar-refractivity contribution in [2.75, 3.05) is 13.1 Å². The van der Waals surface area contributed by atoms with Gasteiger partial charge < -0.3 is 5.73 Å². The molecule has 1 fully saturated rings. The van der Waals surface area contributed by atoms with E-state index >= 15 is 0 Å². The molecule has 0 spiro atoms. The van der Waals surface area contributed by atoms with E-state index in [0.29, 0.717) is 18.0 Å². The molecule has 1 aliphatic rings. The van der Waals surface area contributed by atoms with Crippen molar-refractivity contribution in [1.29, 1.82) is 0 Å². The van der Waals surface area contributed by atoms with Crippen LogP contribution in [-0.2, 0) is 10.0 Å². The minimum absolute atomic E-state index is 0.0105. The number of nitrogens with two attached hydrogens (primary N) is 1. The Morgan fingerprint density at radius 1 is 1.27 bits per heavy atom. The standard InChI is InChI=1S/C9H11IN2O2S/c10-7-1-3-9(4-2-7)15(13,14)12-5-8(11)6-12/h1-4,8H,5-6,11H2. The van der Waals surface area contributed by atoms with Gasteiger partial charge in [0.15, 0.2) is 0 Å². The van der Waals surface area contributed by atoms with Crippen molar-refractivity contribution in [3.05, 3.63) is 27.8 Å². The van der Waals surface area contributed by atoms with Crippen LogP contribution in [-0.4, -0.2) is 31.9 Å². The first kappa shape index (κ1) is 11.3. The van der Waals surface area contributed by atoms with Gasteiger partial charge in [-0.2, -0.15) is 4.31 Å². The molecule has 1 heterocycles. The number of halogens is 1. The molecule has 0 bridgehead atoms. The first-order chi connectivity index (χ1) is 7.00. The van der Waals surface area contributed by atoms with E-state index in [1.807, 2.05) is 0 Å². The number of hydrogen-bond donors (Lipinski definition) is 1. The van der Waals surface area contributed by atoms with E-state index < -0.39 is 10.0 Å². The lowest BCUT2D eigenvalue weighted by Gasteiger charge is -2.35. The Balaban J connectivity index is 2.26. The van der Waals surface area contributed by atoms with Crippen LogP contribution in [0.4, 0.5) is 0 Å². The maximum atomic E-state index is 11.9. The summed E-state index contributed by atoms with van der Waals surface area (Å²) >= 11 is 2.14. The molecule has 2 N–H and O–H groups in total. The molecule has 82 valence electrons. The van der Waals surface area contributed by atoms with Crippen molar-refractivity contribution in [1.82, 2.24) is 4.31 Å². The Morgan fingerprint density at radius 2 is 1.80 bits per heavy atom. The monoisotopic (exact) mass is 338 g/mol. The third kappa shape index (κ3) is 2.17. The third-order valence-corrected chi connectivity index (χ3v) is 4.89. The van der Waals surface area contributed by atoms with Crippen molar-refractivity contribution in [2.45, 2.75) is 10.9 Å². The van der Waals surface area contributed by atoms with Gasteiger partial charge in [-0.1, -0.05) is 0 Å². The maximum absolute atomic E-state index is 11.9. The quantitative estimate of drug-likeness (QED) is 0.805. The first-order valence-corrected chi connectivity index (χ1v) is 7.03. The Hall–Kier alpha value is -0.180. The number of benzene rings is 1. The molecule has 6 heteroatoms. The largest absolute Gasteiger partial charge is 0.325 e. The van der Waals surface area contributed by atoms with Crippen LogP contribution in [0.2, 0.25) is 0 Å². The van der Waals surface area contributed by atoms with Crippen LogP contribution in [0.5, 0.6) is 0 Å². The van der Waals surface area contributed by atoms with Crippen molar-refractivity contribution in [3.8, 4) is 0 Å². The topological polar surface area (TPSA) is 63.4 Å². The van der Waals surface area contributed by atoms with Gasteiger partial charge in [-0.15, -0.1) is 0 Å². The minimum Gasteiger partial charge on any atom is -0.325 e. The average Bonchev–Trinajstić information content (AvgIpc) is 2.13. The second kappa shape index (κ2) is 4.00. The summed E-state index contributed by atoms with van der Waals surface area (Å²) in [7, 11) is -3.30. The smallest absolute Gasteiger partial charge is 0.243 e. The van der Waals surface area contributed by atoms with E-state index in [4.69, 9.17) is 5.73 Å². The lowest BCUT2D eigenvalue weighted by Crippen LogP contribution is -2.57. The summed E-state index contributed by atoms with van der Waals surface area (Å²) in [5, 5.41) is 0. The van der Waals surface area contributed by atoms with E-state index in [1.165, 1.54) is 4.31 Å². The first-order valence-electron chi connectivity index (χ1n) is 4.51. The molecule has 15 heavy (non-hydrogen) atoms. The minimum atomic E-state index is -3.30. The van der Waals surface area contributed by atoms with E-state index in [9.17, 15) is 8.42 Å². The molecule has 2 rings (SSSR count).